The van der Waals surface area contributed by atoms with Crippen LogP contribution in [0, 0.1) is 0 Å². The van der Waals surface area contributed by atoms with Crippen molar-refractivity contribution in [3.05, 3.63) is 0 Å². The van der Waals surface area contributed by atoms with Crippen LogP contribution in [0.5, 0.6) is 0 Å². The van der Waals surface area contributed by atoms with Crippen molar-refractivity contribution >= 4 is 0 Å². The third-order valence-corrected chi connectivity index (χ3v) is 5.02. The van der Waals surface area contributed by atoms with Crippen LogP contribution in [0.1, 0.15) is 78.1 Å². The number of piperazine rings is 1. The van der Waals surface area contributed by atoms with Crippen LogP contribution in [0.15, 0.2) is 0 Å². The standard InChI is InChI=1S/C19H40N2O/c1-19(2)21-16-14-20(15-17-21)13-11-9-7-5-3-4-6-8-10-12-18-22/h19,22H,3-18H2,1-2H3. The van der Waals surface area contributed by atoms with Gasteiger partial charge in [-0.15, -0.1) is 0 Å². The molecule has 3 heteroatoms. The van der Waals surface area contributed by atoms with Crippen molar-refractivity contribution in [2.24, 2.45) is 0 Å². The number of hydrogen-bond donors (Lipinski definition) is 1. The van der Waals surface area contributed by atoms with E-state index in [0.29, 0.717) is 12.6 Å². The zero-order valence-electron chi connectivity index (χ0n) is 15.2. The first-order valence-electron chi connectivity index (χ1n) is 9.81. The summed E-state index contributed by atoms with van der Waals surface area (Å²) in [5.41, 5.74) is 0. The van der Waals surface area contributed by atoms with Gasteiger partial charge in [-0.3, -0.25) is 4.90 Å². The maximum absolute atomic E-state index is 8.71. The van der Waals surface area contributed by atoms with Crippen molar-refractivity contribution in [2.75, 3.05) is 39.3 Å². The first-order valence-corrected chi connectivity index (χ1v) is 9.81. The zero-order chi connectivity index (χ0) is 16.0. The van der Waals surface area contributed by atoms with Gasteiger partial charge in [-0.1, -0.05) is 51.4 Å². The quantitative estimate of drug-likeness (QED) is 0.522. The summed E-state index contributed by atoms with van der Waals surface area (Å²) in [4.78, 5) is 5.25. The SMILES string of the molecule is CC(C)N1CCN(CCCCCCCCCCCCO)CC1. The van der Waals surface area contributed by atoms with Crippen molar-refractivity contribution in [1.82, 2.24) is 9.80 Å². The number of rotatable bonds is 13. The van der Waals surface area contributed by atoms with Gasteiger partial charge in [0, 0.05) is 38.8 Å². The predicted molar refractivity (Wildman–Crippen MR) is 96.4 cm³/mol. The molecule has 0 amide bonds. The fourth-order valence-corrected chi connectivity index (χ4v) is 3.36. The van der Waals surface area contributed by atoms with Crippen LogP contribution < -0.4 is 0 Å². The van der Waals surface area contributed by atoms with Crippen molar-refractivity contribution in [1.29, 1.82) is 0 Å². The highest BCUT2D eigenvalue weighted by molar-refractivity contribution is 4.74. The topological polar surface area (TPSA) is 26.7 Å². The van der Waals surface area contributed by atoms with E-state index in [9.17, 15) is 0 Å². The molecule has 3 nitrogen and oxygen atoms in total. The molecule has 0 saturated carbocycles. The van der Waals surface area contributed by atoms with Gasteiger partial charge in [0.05, 0.1) is 0 Å². The highest BCUT2D eigenvalue weighted by Crippen LogP contribution is 2.12. The van der Waals surface area contributed by atoms with Crippen LogP contribution in [0.4, 0.5) is 0 Å². The number of hydrogen-bond acceptors (Lipinski definition) is 3. The van der Waals surface area contributed by atoms with E-state index in [4.69, 9.17) is 5.11 Å². The molecule has 0 atom stereocenters. The highest BCUT2D eigenvalue weighted by atomic mass is 16.2. The number of nitrogens with zero attached hydrogens (tertiary/aromatic N) is 2. The molecule has 0 spiro atoms. The molecule has 132 valence electrons. The molecule has 0 bridgehead atoms. The van der Waals surface area contributed by atoms with Gasteiger partial charge in [-0.05, 0) is 33.2 Å². The molecule has 1 saturated heterocycles. The molecule has 0 aliphatic carbocycles. The van der Waals surface area contributed by atoms with Crippen molar-refractivity contribution < 1.29 is 5.11 Å². The molecule has 22 heavy (non-hydrogen) atoms. The Morgan fingerprint density at radius 1 is 0.682 bits per heavy atom. The summed E-state index contributed by atoms with van der Waals surface area (Å²) >= 11 is 0. The Kier molecular flexibility index (Phi) is 12.1. The molecule has 1 aliphatic rings. The second-order valence-electron chi connectivity index (χ2n) is 7.23. The van der Waals surface area contributed by atoms with Crippen LogP contribution in [0.25, 0.3) is 0 Å². The molecule has 1 N–H and O–H groups in total. The van der Waals surface area contributed by atoms with Crippen LogP contribution in [-0.4, -0.2) is 60.3 Å². The van der Waals surface area contributed by atoms with Crippen molar-refractivity contribution in [2.45, 2.75) is 84.1 Å². The zero-order valence-corrected chi connectivity index (χ0v) is 15.2. The predicted octanol–water partition coefficient (Wildman–Crippen LogP) is 3.91. The molecule has 0 aromatic carbocycles. The fraction of sp³-hybridized carbons (Fsp3) is 1.00. The van der Waals surface area contributed by atoms with Crippen molar-refractivity contribution in [3.8, 4) is 0 Å². The van der Waals surface area contributed by atoms with Crippen molar-refractivity contribution in [3.63, 3.8) is 0 Å². The van der Waals surface area contributed by atoms with E-state index in [2.05, 4.69) is 23.6 Å². The molecule has 0 aromatic rings. The second kappa shape index (κ2) is 13.3. The van der Waals surface area contributed by atoms with E-state index < -0.39 is 0 Å². The largest absolute Gasteiger partial charge is 0.396 e. The van der Waals surface area contributed by atoms with E-state index >= 15 is 0 Å². The molecule has 1 aliphatic heterocycles. The third-order valence-electron chi connectivity index (χ3n) is 5.02. The van der Waals surface area contributed by atoms with Gasteiger partial charge < -0.3 is 10.0 Å². The van der Waals surface area contributed by atoms with E-state index in [0.717, 1.165) is 6.42 Å². The molecular formula is C19H40N2O. The highest BCUT2D eigenvalue weighted by Gasteiger charge is 2.17. The van der Waals surface area contributed by atoms with E-state index in [1.165, 1.54) is 90.5 Å². The minimum absolute atomic E-state index is 0.368. The maximum Gasteiger partial charge on any atom is 0.0431 e. The Labute approximate surface area is 139 Å². The van der Waals surface area contributed by atoms with E-state index in [1.54, 1.807) is 0 Å². The maximum atomic E-state index is 8.71. The number of unbranched alkanes of at least 4 members (excludes halogenated alkanes) is 9. The first kappa shape index (κ1) is 19.9. The Hall–Kier alpha value is -0.120. The molecule has 0 unspecified atom stereocenters. The van der Waals surface area contributed by atoms with Crippen LogP contribution in [0.2, 0.25) is 0 Å². The second-order valence-corrected chi connectivity index (χ2v) is 7.23. The molecule has 1 rings (SSSR count). The van der Waals surface area contributed by atoms with Gasteiger partial charge in [-0.25, -0.2) is 0 Å². The smallest absolute Gasteiger partial charge is 0.0431 e. The number of aliphatic hydroxyl groups excluding tert-OH is 1. The van der Waals surface area contributed by atoms with Gasteiger partial charge in [-0.2, -0.15) is 0 Å². The monoisotopic (exact) mass is 312 g/mol. The lowest BCUT2D eigenvalue weighted by molar-refractivity contribution is 0.107. The Morgan fingerprint density at radius 2 is 1.14 bits per heavy atom. The fourth-order valence-electron chi connectivity index (χ4n) is 3.36. The Bertz CT molecular complexity index is 238. The average molecular weight is 313 g/mol. The van der Waals surface area contributed by atoms with Crippen LogP contribution in [0.3, 0.4) is 0 Å². The Balaban J connectivity index is 1.80. The third kappa shape index (κ3) is 9.81. The minimum atomic E-state index is 0.368. The first-order chi connectivity index (χ1) is 10.7. The van der Waals surface area contributed by atoms with E-state index in [-0.39, 0.29) is 0 Å². The molecule has 1 fully saturated rings. The molecule has 1 heterocycles. The molecule has 0 radical (unpaired) electrons. The summed E-state index contributed by atoms with van der Waals surface area (Å²) in [5, 5.41) is 8.71. The Morgan fingerprint density at radius 3 is 1.59 bits per heavy atom. The number of aliphatic hydroxyl groups is 1. The summed E-state index contributed by atoms with van der Waals surface area (Å²) in [6.45, 7) is 11.4. The van der Waals surface area contributed by atoms with E-state index in [1.807, 2.05) is 0 Å². The molecule has 0 aromatic heterocycles. The average Bonchev–Trinajstić information content (AvgIpc) is 2.53. The van der Waals surface area contributed by atoms with Gasteiger partial charge in [0.1, 0.15) is 0 Å². The molecular weight excluding hydrogens is 272 g/mol. The lowest BCUT2D eigenvalue weighted by atomic mass is 10.1. The summed E-state index contributed by atoms with van der Waals surface area (Å²) in [5.74, 6) is 0. The summed E-state index contributed by atoms with van der Waals surface area (Å²) in [7, 11) is 0. The minimum Gasteiger partial charge on any atom is -0.396 e. The van der Waals surface area contributed by atoms with Gasteiger partial charge in [0.25, 0.3) is 0 Å². The normalized spacial score (nSPS) is 17.5. The van der Waals surface area contributed by atoms with Crippen LogP contribution in [-0.2, 0) is 0 Å². The van der Waals surface area contributed by atoms with Gasteiger partial charge >= 0.3 is 0 Å². The van der Waals surface area contributed by atoms with Gasteiger partial charge in [0.2, 0.25) is 0 Å². The summed E-state index contributed by atoms with van der Waals surface area (Å²) in [6.07, 6.45) is 13.3. The lowest BCUT2D eigenvalue weighted by Gasteiger charge is -2.36. The van der Waals surface area contributed by atoms with Crippen LogP contribution >= 0.6 is 0 Å². The van der Waals surface area contributed by atoms with Gasteiger partial charge in [0.15, 0.2) is 0 Å². The summed E-state index contributed by atoms with van der Waals surface area (Å²) < 4.78 is 0. The lowest BCUT2D eigenvalue weighted by Crippen LogP contribution is -2.48. The summed E-state index contributed by atoms with van der Waals surface area (Å²) in [6, 6.07) is 0.714.